The van der Waals surface area contributed by atoms with Gasteiger partial charge in [-0.3, -0.25) is 0 Å². The molecule has 1 atom stereocenters. The minimum absolute atomic E-state index is 0.449. The highest BCUT2D eigenvalue weighted by Gasteiger charge is 2.44. The van der Waals surface area contributed by atoms with Crippen LogP contribution >= 0.6 is 0 Å². The van der Waals surface area contributed by atoms with Gasteiger partial charge in [-0.05, 0) is 11.1 Å². The normalized spacial score (nSPS) is 33.5. The summed E-state index contributed by atoms with van der Waals surface area (Å²) in [6.45, 7) is 0. The summed E-state index contributed by atoms with van der Waals surface area (Å²) < 4.78 is 0. The van der Waals surface area contributed by atoms with E-state index in [9.17, 15) is 0 Å². The lowest BCUT2D eigenvalue weighted by atomic mass is 9.94. The van der Waals surface area contributed by atoms with Crippen molar-refractivity contribution in [1.29, 1.82) is 0 Å². The maximum Gasteiger partial charge on any atom is 0.140 e. The van der Waals surface area contributed by atoms with Crippen molar-refractivity contribution in [2.24, 2.45) is 15.9 Å². The molecule has 0 fully saturated rings. The van der Waals surface area contributed by atoms with Gasteiger partial charge in [-0.2, -0.15) is 0 Å². The second-order valence-corrected chi connectivity index (χ2v) is 3.17. The number of hydrogen-bond donors (Lipinski definition) is 0. The van der Waals surface area contributed by atoms with Crippen molar-refractivity contribution in [2.75, 3.05) is 0 Å². The zero-order valence-electron chi connectivity index (χ0n) is 5.70. The van der Waals surface area contributed by atoms with Gasteiger partial charge in [0.15, 0.2) is 0 Å². The van der Waals surface area contributed by atoms with Crippen LogP contribution in [0.3, 0.4) is 0 Å². The molecule has 4 rings (SSSR count). The van der Waals surface area contributed by atoms with Crippen molar-refractivity contribution in [1.82, 2.24) is 0 Å². The number of allylic oxidation sites excluding steroid dienone is 2. The molecular weight excluding hydrogens is 136 g/mol. The number of hydrogen-bond acceptors (Lipinski definition) is 2. The molecule has 2 heterocycles. The fourth-order valence-corrected chi connectivity index (χ4v) is 2.24. The molecule has 0 spiro atoms. The molecular formula is C9H4N2. The lowest BCUT2D eigenvalue weighted by molar-refractivity contribution is 1.07. The first-order valence-corrected chi connectivity index (χ1v) is 3.74. The van der Waals surface area contributed by atoms with Crippen LogP contribution in [0.1, 0.15) is 0 Å². The molecule has 50 valence electrons. The molecule has 11 heavy (non-hydrogen) atoms. The Labute approximate surface area is 63.4 Å². The third-order valence-electron chi connectivity index (χ3n) is 2.71. The van der Waals surface area contributed by atoms with Crippen molar-refractivity contribution >= 4 is 12.1 Å². The van der Waals surface area contributed by atoms with E-state index in [2.05, 4.69) is 22.1 Å². The molecule has 0 saturated heterocycles. The van der Waals surface area contributed by atoms with E-state index in [1.807, 2.05) is 6.21 Å². The standard InChI is InChI=1S/C9H4N2/c1-2-5-7-6-3-10-9(7)11-8(5)4(1)6/h1-3,7H. The SMILES string of the molecule is C1=CC2=C3N=C4N=CC(=C13)C42. The van der Waals surface area contributed by atoms with Gasteiger partial charge in [-0.1, -0.05) is 12.2 Å². The van der Waals surface area contributed by atoms with Crippen LogP contribution in [0, 0.1) is 5.92 Å². The second-order valence-electron chi connectivity index (χ2n) is 3.17. The van der Waals surface area contributed by atoms with Gasteiger partial charge in [0, 0.05) is 11.8 Å². The summed E-state index contributed by atoms with van der Waals surface area (Å²) in [6.07, 6.45) is 6.28. The molecule has 4 bridgehead atoms. The Hall–Kier alpha value is -1.44. The Morgan fingerprint density at radius 2 is 2.18 bits per heavy atom. The van der Waals surface area contributed by atoms with Crippen LogP contribution in [-0.2, 0) is 0 Å². The molecule has 0 N–H and O–H groups in total. The van der Waals surface area contributed by atoms with Crippen LogP contribution in [0.15, 0.2) is 44.6 Å². The van der Waals surface area contributed by atoms with E-state index >= 15 is 0 Å². The largest absolute Gasteiger partial charge is 0.240 e. The van der Waals surface area contributed by atoms with Crippen molar-refractivity contribution < 1.29 is 0 Å². The van der Waals surface area contributed by atoms with Crippen LogP contribution in [0.25, 0.3) is 0 Å². The minimum Gasteiger partial charge on any atom is -0.240 e. The van der Waals surface area contributed by atoms with E-state index in [-0.39, 0.29) is 0 Å². The van der Waals surface area contributed by atoms with Crippen LogP contribution in [-0.4, -0.2) is 12.1 Å². The predicted octanol–water partition coefficient (Wildman–Crippen LogP) is 1.23. The smallest absolute Gasteiger partial charge is 0.140 e. The highest BCUT2D eigenvalue weighted by Crippen LogP contribution is 2.50. The summed E-state index contributed by atoms with van der Waals surface area (Å²) in [5, 5.41) is 0. The molecule has 2 aliphatic carbocycles. The van der Waals surface area contributed by atoms with Gasteiger partial charge in [-0.15, -0.1) is 0 Å². The van der Waals surface area contributed by atoms with E-state index in [4.69, 9.17) is 0 Å². The van der Waals surface area contributed by atoms with Crippen molar-refractivity contribution in [3.05, 3.63) is 34.6 Å². The first-order chi connectivity index (χ1) is 5.45. The molecule has 0 aromatic rings. The van der Waals surface area contributed by atoms with Crippen molar-refractivity contribution in [2.45, 2.75) is 0 Å². The second kappa shape index (κ2) is 1.05. The zero-order chi connectivity index (χ0) is 7.00. The topological polar surface area (TPSA) is 24.7 Å². The van der Waals surface area contributed by atoms with E-state index in [1.165, 1.54) is 22.4 Å². The maximum absolute atomic E-state index is 4.42. The molecule has 0 aromatic heterocycles. The highest BCUT2D eigenvalue weighted by molar-refractivity contribution is 6.15. The van der Waals surface area contributed by atoms with Gasteiger partial charge < -0.3 is 0 Å². The third-order valence-corrected chi connectivity index (χ3v) is 2.71. The quantitative estimate of drug-likeness (QED) is 0.483. The molecule has 1 unspecified atom stereocenters. The number of dihydropyridines is 1. The van der Waals surface area contributed by atoms with Crippen LogP contribution in [0.4, 0.5) is 0 Å². The third kappa shape index (κ3) is 0.276. The predicted molar refractivity (Wildman–Crippen MR) is 42.6 cm³/mol. The fraction of sp³-hybridized carbons (Fsp3) is 0.111. The maximum atomic E-state index is 4.42. The highest BCUT2D eigenvalue weighted by atomic mass is 15.0. The Kier molecular flexibility index (Phi) is 0.425. The number of nitrogens with zero attached hydrogens (tertiary/aromatic N) is 2. The molecule has 2 heteroatoms. The Balaban J connectivity index is 2.26. The van der Waals surface area contributed by atoms with Gasteiger partial charge in [0.25, 0.3) is 0 Å². The number of rotatable bonds is 0. The van der Waals surface area contributed by atoms with Gasteiger partial charge >= 0.3 is 0 Å². The minimum atomic E-state index is 0.449. The molecule has 0 saturated carbocycles. The Morgan fingerprint density at radius 1 is 1.18 bits per heavy atom. The van der Waals surface area contributed by atoms with Crippen molar-refractivity contribution in [3.63, 3.8) is 0 Å². The molecule has 0 radical (unpaired) electrons. The van der Waals surface area contributed by atoms with E-state index in [1.54, 1.807) is 0 Å². The number of amidine groups is 1. The van der Waals surface area contributed by atoms with Gasteiger partial charge in [0.1, 0.15) is 5.84 Å². The van der Waals surface area contributed by atoms with E-state index in [0.29, 0.717) is 5.92 Å². The Bertz CT molecular complexity index is 444. The summed E-state index contributed by atoms with van der Waals surface area (Å²) in [7, 11) is 0. The average molecular weight is 140 g/mol. The lowest BCUT2D eigenvalue weighted by Crippen LogP contribution is -2.09. The number of aliphatic imine (C=N–C) groups is 2. The summed E-state index contributed by atoms with van der Waals surface area (Å²) in [6, 6.07) is 0. The first-order valence-electron chi connectivity index (χ1n) is 3.74. The summed E-state index contributed by atoms with van der Waals surface area (Å²) >= 11 is 0. The van der Waals surface area contributed by atoms with Gasteiger partial charge in [0.05, 0.1) is 11.6 Å². The van der Waals surface area contributed by atoms with Crippen LogP contribution in [0.2, 0.25) is 0 Å². The molecule has 0 aromatic carbocycles. The summed E-state index contributed by atoms with van der Waals surface area (Å²) in [4.78, 5) is 8.67. The summed E-state index contributed by atoms with van der Waals surface area (Å²) in [5.41, 5.74) is 5.26. The van der Waals surface area contributed by atoms with E-state index in [0.717, 1.165) is 5.84 Å². The molecule has 2 nitrogen and oxygen atoms in total. The zero-order valence-corrected chi connectivity index (χ0v) is 5.70. The van der Waals surface area contributed by atoms with Crippen molar-refractivity contribution in [3.8, 4) is 0 Å². The average Bonchev–Trinajstić information content (AvgIpc) is 2.64. The molecule has 4 aliphatic rings. The van der Waals surface area contributed by atoms with Crippen LogP contribution in [0.5, 0.6) is 0 Å². The van der Waals surface area contributed by atoms with Crippen LogP contribution < -0.4 is 0 Å². The van der Waals surface area contributed by atoms with Gasteiger partial charge in [-0.25, -0.2) is 9.98 Å². The monoisotopic (exact) mass is 140 g/mol. The Morgan fingerprint density at radius 3 is 3.00 bits per heavy atom. The fourth-order valence-electron chi connectivity index (χ4n) is 2.24. The lowest BCUT2D eigenvalue weighted by Gasteiger charge is -2.09. The first kappa shape index (κ1) is 4.44. The van der Waals surface area contributed by atoms with E-state index < -0.39 is 0 Å². The van der Waals surface area contributed by atoms with Gasteiger partial charge in [0.2, 0.25) is 0 Å². The molecule has 0 amide bonds. The molecule has 2 aliphatic heterocycles. The summed E-state index contributed by atoms with van der Waals surface area (Å²) in [5.74, 6) is 1.46.